The summed E-state index contributed by atoms with van der Waals surface area (Å²) < 4.78 is 12.4. The zero-order valence-corrected chi connectivity index (χ0v) is 37.8. The van der Waals surface area contributed by atoms with Crippen LogP contribution in [0, 0.1) is 0 Å². The Morgan fingerprint density at radius 2 is 0.905 bits per heavy atom. The Morgan fingerprint density at radius 1 is 0.524 bits per heavy atom. The van der Waals surface area contributed by atoms with Crippen LogP contribution in [0.15, 0.2) is 158 Å². The average Bonchev–Trinajstić information content (AvgIpc) is 3.82. The minimum absolute atomic E-state index is 0.00927. The molecule has 2 fully saturated rings. The number of thioether (sulfide) groups is 1. The van der Waals surface area contributed by atoms with Crippen molar-refractivity contribution >= 4 is 46.0 Å². The zero-order valence-electron chi connectivity index (χ0n) is 36.2. The van der Waals surface area contributed by atoms with Gasteiger partial charge in [0.15, 0.2) is 0 Å². The van der Waals surface area contributed by atoms with Crippen LogP contribution >= 0.6 is 11.8 Å². The van der Waals surface area contributed by atoms with Gasteiger partial charge in [-0.25, -0.2) is 9.59 Å². The van der Waals surface area contributed by atoms with Crippen LogP contribution in [-0.4, -0.2) is 64.8 Å². The molecule has 322 valence electrons. The van der Waals surface area contributed by atoms with Crippen molar-refractivity contribution in [1.29, 1.82) is 0 Å². The van der Waals surface area contributed by atoms with Crippen LogP contribution in [0.25, 0.3) is 22.3 Å². The summed E-state index contributed by atoms with van der Waals surface area (Å²) in [6, 6.07) is 54.0. The number of piperidine rings is 2. The first-order valence-corrected chi connectivity index (χ1v) is 25.1. The number of benzene rings is 6. The van der Waals surface area contributed by atoms with Crippen molar-refractivity contribution in [3.63, 3.8) is 0 Å². The summed E-state index contributed by atoms with van der Waals surface area (Å²) in [6.45, 7) is 3.05. The van der Waals surface area contributed by atoms with Crippen molar-refractivity contribution in [2.75, 3.05) is 49.3 Å². The number of anilines is 2. The third-order valence-corrected chi connectivity index (χ3v) is 16.3. The summed E-state index contributed by atoms with van der Waals surface area (Å²) in [4.78, 5) is 29.7. The number of nitrogens with zero attached hydrogens (tertiary/aromatic N) is 2. The van der Waals surface area contributed by atoms with Crippen LogP contribution < -0.4 is 10.6 Å². The average molecular weight is 873 g/mol. The van der Waals surface area contributed by atoms with Gasteiger partial charge >= 0.3 is 12.1 Å². The lowest BCUT2D eigenvalue weighted by Gasteiger charge is -2.40. The number of fused-ring (bicyclic) bond motifs is 4. The number of carbonyl (C=O) groups is 2. The summed E-state index contributed by atoms with van der Waals surface area (Å²) >= 11 is 1.96. The third kappa shape index (κ3) is 8.96. The topological polar surface area (TPSA) is 81.8 Å². The second-order valence-corrected chi connectivity index (χ2v) is 20.2. The molecule has 3 atom stereocenters. The van der Waals surface area contributed by atoms with Crippen LogP contribution in [0.4, 0.5) is 21.0 Å². The van der Waals surface area contributed by atoms with Gasteiger partial charge in [-0.2, -0.15) is 11.8 Å². The van der Waals surface area contributed by atoms with E-state index in [-0.39, 0.29) is 28.1 Å². The molecular formula is C54H56N4O3S2. The SMILES string of the molecule is CS(=O)C1CC2(CCN(C(=O)Nc3ccc(-c4ccccc4)cc3)CC2)c2ccccc21.CSC1CC2(CCN(C(=O)Nc3ccc(-c4ccccc4)cc3)CC2)c2ccccc21. The molecule has 63 heavy (non-hydrogen) atoms. The van der Waals surface area contributed by atoms with Crippen LogP contribution in [0.3, 0.4) is 0 Å². The Bertz CT molecular complexity index is 2550. The number of amides is 4. The molecule has 4 amide bonds. The number of hydrogen-bond donors (Lipinski definition) is 2. The Morgan fingerprint density at radius 3 is 1.35 bits per heavy atom. The van der Waals surface area contributed by atoms with Crippen molar-refractivity contribution in [3.05, 3.63) is 180 Å². The number of nitrogens with one attached hydrogen (secondary N) is 2. The van der Waals surface area contributed by atoms with Gasteiger partial charge in [-0.1, -0.05) is 133 Å². The van der Waals surface area contributed by atoms with Crippen LogP contribution in [0.5, 0.6) is 0 Å². The summed E-state index contributed by atoms with van der Waals surface area (Å²) in [5.41, 5.74) is 12.2. The molecule has 4 aliphatic rings. The van der Waals surface area contributed by atoms with Crippen LogP contribution in [-0.2, 0) is 21.6 Å². The Kier molecular flexibility index (Phi) is 12.6. The molecular weight excluding hydrogens is 817 g/mol. The first-order chi connectivity index (χ1) is 30.7. The molecule has 2 saturated heterocycles. The van der Waals surface area contributed by atoms with Gasteiger partial charge in [0.25, 0.3) is 0 Å². The molecule has 2 aliphatic heterocycles. The normalized spacial score (nSPS) is 19.7. The highest BCUT2D eigenvalue weighted by Gasteiger charge is 2.47. The lowest BCUT2D eigenvalue weighted by molar-refractivity contribution is 0.167. The molecule has 10 rings (SSSR count). The van der Waals surface area contributed by atoms with E-state index in [1.165, 1.54) is 34.2 Å². The van der Waals surface area contributed by atoms with E-state index in [0.29, 0.717) is 18.3 Å². The lowest BCUT2D eigenvalue weighted by Crippen LogP contribution is -2.46. The second-order valence-electron chi connectivity index (χ2n) is 17.6. The van der Waals surface area contributed by atoms with Gasteiger partial charge in [0.2, 0.25) is 0 Å². The minimum atomic E-state index is -0.883. The Hall–Kier alpha value is -5.64. The van der Waals surface area contributed by atoms with Gasteiger partial charge in [0.05, 0.1) is 5.25 Å². The highest BCUT2D eigenvalue weighted by atomic mass is 32.2. The summed E-state index contributed by atoms with van der Waals surface area (Å²) in [5.74, 6) is 0. The predicted molar refractivity (Wildman–Crippen MR) is 262 cm³/mol. The van der Waals surface area contributed by atoms with E-state index in [4.69, 9.17) is 0 Å². The van der Waals surface area contributed by atoms with Crippen molar-refractivity contribution in [1.82, 2.24) is 9.80 Å². The van der Waals surface area contributed by atoms with E-state index in [1.54, 1.807) is 0 Å². The molecule has 6 aromatic carbocycles. The molecule has 7 nitrogen and oxygen atoms in total. The Balaban J connectivity index is 0.000000160. The second kappa shape index (κ2) is 18.6. The smallest absolute Gasteiger partial charge is 0.321 e. The quantitative estimate of drug-likeness (QED) is 0.175. The summed E-state index contributed by atoms with van der Waals surface area (Å²) in [6.07, 6.45) is 10.1. The van der Waals surface area contributed by atoms with Crippen molar-refractivity contribution in [3.8, 4) is 22.3 Å². The predicted octanol–water partition coefficient (Wildman–Crippen LogP) is 12.5. The van der Waals surface area contributed by atoms with Crippen molar-refractivity contribution in [2.24, 2.45) is 0 Å². The summed E-state index contributed by atoms with van der Waals surface area (Å²) in [7, 11) is -0.883. The van der Waals surface area contributed by atoms with Gasteiger partial charge in [-0.15, -0.1) is 0 Å². The molecule has 9 heteroatoms. The highest BCUT2D eigenvalue weighted by molar-refractivity contribution is 7.98. The minimum Gasteiger partial charge on any atom is -0.324 e. The van der Waals surface area contributed by atoms with Gasteiger partial charge in [-0.3, -0.25) is 4.21 Å². The Labute approximate surface area is 379 Å². The maximum Gasteiger partial charge on any atom is 0.321 e. The molecule has 0 bridgehead atoms. The van der Waals surface area contributed by atoms with E-state index < -0.39 is 10.8 Å². The third-order valence-electron chi connectivity index (χ3n) is 14.1. The van der Waals surface area contributed by atoms with Crippen molar-refractivity contribution < 1.29 is 13.8 Å². The molecule has 2 heterocycles. The van der Waals surface area contributed by atoms with Gasteiger partial charge in [0.1, 0.15) is 0 Å². The highest BCUT2D eigenvalue weighted by Crippen LogP contribution is 2.55. The first-order valence-electron chi connectivity index (χ1n) is 22.2. The van der Waals surface area contributed by atoms with E-state index in [1.807, 2.05) is 107 Å². The van der Waals surface area contributed by atoms with E-state index in [9.17, 15) is 13.8 Å². The zero-order chi connectivity index (χ0) is 43.4. The molecule has 2 aliphatic carbocycles. The molecule has 0 saturated carbocycles. The van der Waals surface area contributed by atoms with Crippen LogP contribution in [0.1, 0.15) is 71.3 Å². The standard InChI is InChI=1S/C27H28N2O2S.C27H28N2OS/c1-32(31)25-19-27(24-10-6-5-9-23(24)25)15-17-29(18-16-27)26(30)28-22-13-11-21(12-14-22)20-7-3-2-4-8-20;1-31-25-19-27(24-10-6-5-9-23(24)25)15-17-29(18-16-27)26(30)28-22-13-11-21(12-14-22)20-7-3-2-4-8-20/h2-14,25H,15-19H2,1H3,(H,28,30);2-14,25H,15-19H2,1H3,(H,28,30). The molecule has 6 aromatic rings. The van der Waals surface area contributed by atoms with E-state index in [2.05, 4.69) is 95.8 Å². The maximum atomic E-state index is 12.9. The fourth-order valence-corrected chi connectivity index (χ4v) is 12.6. The van der Waals surface area contributed by atoms with Gasteiger partial charge in [-0.05, 0) is 114 Å². The van der Waals surface area contributed by atoms with Crippen molar-refractivity contribution in [2.45, 2.75) is 59.9 Å². The van der Waals surface area contributed by atoms with Gasteiger partial charge in [0, 0.05) is 70.7 Å². The number of hydrogen-bond acceptors (Lipinski definition) is 4. The lowest BCUT2D eigenvalue weighted by atomic mass is 9.74. The fraction of sp³-hybridized carbons (Fsp3) is 0.296. The fourth-order valence-electron chi connectivity index (χ4n) is 10.6. The van der Waals surface area contributed by atoms with E-state index >= 15 is 0 Å². The summed E-state index contributed by atoms with van der Waals surface area (Å²) in [5, 5.41) is 6.83. The largest absolute Gasteiger partial charge is 0.324 e. The van der Waals surface area contributed by atoms with E-state index in [0.717, 1.165) is 73.3 Å². The molecule has 3 unspecified atom stereocenters. The number of urea groups is 2. The molecule has 2 N–H and O–H groups in total. The number of likely N-dealkylation sites (tertiary alicyclic amines) is 2. The monoisotopic (exact) mass is 872 g/mol. The molecule has 0 aromatic heterocycles. The maximum absolute atomic E-state index is 12.9. The first kappa shape index (κ1) is 42.7. The van der Waals surface area contributed by atoms with Crippen LogP contribution in [0.2, 0.25) is 0 Å². The number of rotatable bonds is 6. The molecule has 0 radical (unpaired) electrons. The number of carbonyl (C=O) groups excluding carboxylic acids is 2. The molecule has 2 spiro atoms. The van der Waals surface area contributed by atoms with Gasteiger partial charge < -0.3 is 20.4 Å².